The number of nitrogen functional groups attached to an aromatic ring is 5. The molecule has 708 valence electrons. The number of anilines is 6. The number of benzene rings is 4. The minimum Gasteiger partial charge on any atom is -0.397 e. The summed E-state index contributed by atoms with van der Waals surface area (Å²) in [6.07, 6.45) is 0.626. The van der Waals surface area contributed by atoms with E-state index in [0.717, 1.165) is 141 Å². The summed E-state index contributed by atoms with van der Waals surface area (Å²) in [5.74, 6) is -1.04. The quantitative estimate of drug-likeness (QED) is 0.0301. The molecule has 1 saturated heterocycles. The maximum absolute atomic E-state index is 13.2. The smallest absolute Gasteiger partial charge is 0.397 e. The largest absolute Gasteiger partial charge is 0.397 e. The zero-order chi connectivity index (χ0) is 98.3. The van der Waals surface area contributed by atoms with Crippen LogP contribution in [0.15, 0.2) is 144 Å². The fraction of sp³-hybridized carbons (Fsp3) is 0.284. The van der Waals surface area contributed by atoms with Gasteiger partial charge in [-0.3, -0.25) is 28.8 Å². The van der Waals surface area contributed by atoms with Crippen molar-refractivity contribution in [3.05, 3.63) is 252 Å². The molecule has 0 unspecified atom stereocenters. The number of likely N-dealkylation sites (tertiary alicyclic amines) is 1. The van der Waals surface area contributed by atoms with Crippen molar-refractivity contribution in [1.82, 2.24) is 87.0 Å². The van der Waals surface area contributed by atoms with Crippen molar-refractivity contribution in [2.75, 3.05) is 66.5 Å². The molecule has 136 heavy (non-hydrogen) atoms. The lowest BCUT2D eigenvalue weighted by atomic mass is 9.83. The number of nitrogens with two attached hydrogens (primary N) is 5. The molecule has 0 bridgehead atoms. The molecular formula is C95H102F3N23O8S7. The number of carbonyl (C=O) groups is 6. The monoisotopic (exact) mass is 1970 g/mol. The summed E-state index contributed by atoms with van der Waals surface area (Å²) in [6, 6.07) is 36.5. The molecule has 0 radical (unpaired) electrons. The number of halogens is 3. The molecule has 6 amide bonds. The fourth-order valence-electron chi connectivity index (χ4n) is 14.4. The number of nitrogens with one attached hydrogen (secondary N) is 5. The molecule has 31 nitrogen and oxygen atoms in total. The summed E-state index contributed by atoms with van der Waals surface area (Å²) >= 11 is 7.76. The maximum Gasteiger partial charge on any atom is 0.397 e. The average Bonchev–Trinajstić information content (AvgIpc) is 1.54. The standard InChI is InChI=1S/C20H21F3N4OS.C20H19N5OS.C19H22N4O3S2.C18H19N5O2S2.C18H21N5OS/c1-10-11(2)26-27-18-14(10)15(24)16(29-18)17(28)25-9-12-5-7-13(8-6-12)19(3,4)20(21,22)23;1-12-13(2)23-24-20-16(12)17(21)18(27-20)19(26)22-11-14-5-7-15(8-6-14)25-9-3-4-10-25;1-4-9-28(25,26)14-7-5-13(6-8-14)10-21-18(24)17-16(20)15-11(2)12(3)22-23-19(15)27-17;1-9-10(2)21-22-18-14(9)15(19)16(27-18)17(25)20-11-7-23(8-11)13(24)6-12-4-3-5-26-12;1-10-11(2)21-22-18-14(10)15(19)16(25-18)17(24)20-9-12-5-7-13(8-6-12)23(3)4/h5-8H,9,24H2,1-4H3,(H,25,28);3-10H,11,21H2,1-2H3,(H,22,26);5-8H,4,9-10,20H2,1-3H3,(H,21,24);3-5,11H,6-8,19H2,1-2H3,(H,20,25);5-8H,9,19H2,1-4H3,(H,20,24). The molecule has 17 rings (SSSR count). The number of nitrogens with zero attached hydrogens (tertiary/aromatic N) is 13. The molecule has 0 spiro atoms. The van der Waals surface area contributed by atoms with Crippen LogP contribution in [-0.4, -0.2) is 149 Å². The van der Waals surface area contributed by atoms with Gasteiger partial charge in [-0.05, 0) is 205 Å². The highest BCUT2D eigenvalue weighted by Crippen LogP contribution is 2.43. The summed E-state index contributed by atoms with van der Waals surface area (Å²) in [6.45, 7) is 25.4. The number of amides is 6. The molecule has 13 heterocycles. The van der Waals surface area contributed by atoms with Gasteiger partial charge in [-0.15, -0.1) is 93.5 Å². The summed E-state index contributed by atoms with van der Waals surface area (Å²) in [5.41, 5.74) is 45.8. The zero-order valence-electron chi connectivity index (χ0n) is 77.2. The van der Waals surface area contributed by atoms with Crippen LogP contribution in [0.4, 0.5) is 47.3 Å². The Hall–Kier alpha value is -13.6. The number of fused-ring (bicyclic) bond motifs is 5. The average molecular weight is 1980 g/mol. The lowest BCUT2D eigenvalue weighted by molar-refractivity contribution is -0.180. The van der Waals surface area contributed by atoms with Crippen LogP contribution in [-0.2, 0) is 52.6 Å². The van der Waals surface area contributed by atoms with Crippen molar-refractivity contribution in [2.24, 2.45) is 0 Å². The lowest BCUT2D eigenvalue weighted by Crippen LogP contribution is -2.61. The van der Waals surface area contributed by atoms with E-state index in [2.05, 4.69) is 77.6 Å². The van der Waals surface area contributed by atoms with Crippen LogP contribution >= 0.6 is 68.0 Å². The highest BCUT2D eigenvalue weighted by atomic mass is 32.2. The third-order valence-electron chi connectivity index (χ3n) is 23.4. The van der Waals surface area contributed by atoms with Crippen molar-refractivity contribution >= 4 is 199 Å². The third-order valence-corrected chi connectivity index (χ3v) is 31.7. The molecule has 1 aliphatic rings. The topological polar surface area (TPSA) is 467 Å². The fourth-order valence-corrected chi connectivity index (χ4v) is 21.5. The van der Waals surface area contributed by atoms with E-state index >= 15 is 0 Å². The van der Waals surface area contributed by atoms with E-state index in [1.807, 2.05) is 190 Å². The van der Waals surface area contributed by atoms with E-state index in [0.29, 0.717) is 126 Å². The number of carbonyl (C=O) groups excluding carboxylic acids is 6. The van der Waals surface area contributed by atoms with Gasteiger partial charge >= 0.3 is 6.18 Å². The Balaban J connectivity index is 0.000000144. The first-order valence-electron chi connectivity index (χ1n) is 42.8. The number of thiophene rings is 6. The van der Waals surface area contributed by atoms with Gasteiger partial charge in [0.05, 0.1) is 85.4 Å². The van der Waals surface area contributed by atoms with Crippen molar-refractivity contribution in [3.63, 3.8) is 0 Å². The maximum atomic E-state index is 13.2. The minimum absolute atomic E-state index is 0.0525. The van der Waals surface area contributed by atoms with Crippen LogP contribution in [0.25, 0.3) is 56.8 Å². The van der Waals surface area contributed by atoms with Crippen LogP contribution in [0.1, 0.15) is 165 Å². The number of rotatable bonds is 22. The summed E-state index contributed by atoms with van der Waals surface area (Å²) in [7, 11) is 0.743. The van der Waals surface area contributed by atoms with Crippen molar-refractivity contribution in [2.45, 2.75) is 152 Å². The van der Waals surface area contributed by atoms with E-state index in [-0.39, 0.29) is 65.9 Å². The van der Waals surface area contributed by atoms with Gasteiger partial charge in [0, 0.05) is 109 Å². The first-order valence-corrected chi connectivity index (χ1v) is 49.4. The molecule has 41 heteroatoms. The summed E-state index contributed by atoms with van der Waals surface area (Å²) in [4.78, 5) is 85.8. The molecular weight excluding hydrogens is 1870 g/mol. The van der Waals surface area contributed by atoms with Gasteiger partial charge < -0.3 is 69.6 Å². The van der Waals surface area contributed by atoms with E-state index in [1.165, 1.54) is 57.5 Å². The Labute approximate surface area is 806 Å². The number of hydrogen-bond acceptors (Lipinski definition) is 30. The molecule has 16 aromatic rings. The predicted molar refractivity (Wildman–Crippen MR) is 538 cm³/mol. The Morgan fingerprint density at radius 2 is 0.757 bits per heavy atom. The van der Waals surface area contributed by atoms with Gasteiger partial charge in [-0.25, -0.2) is 8.42 Å². The van der Waals surface area contributed by atoms with Crippen molar-refractivity contribution in [1.29, 1.82) is 0 Å². The Kier molecular flexibility index (Phi) is 30.9. The third kappa shape index (κ3) is 22.2. The number of aryl methyl sites for hydroxylation is 10. The number of aromatic nitrogens is 11. The second kappa shape index (κ2) is 42.1. The van der Waals surface area contributed by atoms with Crippen LogP contribution in [0.5, 0.6) is 0 Å². The molecule has 15 N–H and O–H groups in total. The first-order chi connectivity index (χ1) is 64.5. The molecule has 1 fully saturated rings. The van der Waals surface area contributed by atoms with Crippen LogP contribution < -0.4 is 60.2 Å². The van der Waals surface area contributed by atoms with Gasteiger partial charge in [0.2, 0.25) is 5.91 Å². The normalized spacial score (nSPS) is 12.1. The molecule has 0 aliphatic carbocycles. The highest BCUT2D eigenvalue weighted by Gasteiger charge is 2.48. The van der Waals surface area contributed by atoms with Gasteiger partial charge in [0.15, 0.2) is 9.84 Å². The second-order valence-electron chi connectivity index (χ2n) is 33.2. The van der Waals surface area contributed by atoms with Gasteiger partial charge in [0.1, 0.15) is 48.5 Å². The molecule has 0 saturated carbocycles. The Morgan fingerprint density at radius 1 is 0.441 bits per heavy atom. The SMILES string of the molecule is CCCS(=O)(=O)c1ccc(CNC(=O)c2sc3nnc(C)c(C)c3c2N)cc1.Cc1nnc2sc(C(=O)NC3CN(C(=O)Cc4cccs4)C3)c(N)c2c1C.Cc1nnc2sc(C(=O)NCc3ccc(-n4cccc4)cc3)c(N)c2c1C.Cc1nnc2sc(C(=O)NCc3ccc(C(C)(C)C(F)(F)F)cc3)c(N)c2c1C.Cc1nnc2sc(C(=O)NCc3ccc(N(C)C)cc3)c(N)c2c1C. The predicted octanol–water partition coefficient (Wildman–Crippen LogP) is 16.3. The van der Waals surface area contributed by atoms with Crippen molar-refractivity contribution < 1.29 is 50.4 Å². The highest BCUT2D eigenvalue weighted by molar-refractivity contribution is 7.91. The van der Waals surface area contributed by atoms with Gasteiger partial charge in [-0.2, -0.15) is 38.7 Å². The second-order valence-corrected chi connectivity index (χ2v) is 41.4. The lowest BCUT2D eigenvalue weighted by Gasteiger charge is -2.39. The molecule has 0 atom stereocenters. The van der Waals surface area contributed by atoms with Crippen LogP contribution in [0, 0.1) is 69.2 Å². The van der Waals surface area contributed by atoms with E-state index < -0.39 is 21.4 Å². The Morgan fingerprint density at radius 3 is 1.07 bits per heavy atom. The van der Waals surface area contributed by atoms with Gasteiger partial charge in [-0.1, -0.05) is 73.7 Å². The number of hydrogen-bond donors (Lipinski definition) is 10. The van der Waals surface area contributed by atoms with Crippen molar-refractivity contribution in [3.8, 4) is 5.69 Å². The summed E-state index contributed by atoms with van der Waals surface area (Å²) in [5, 5.41) is 61.5. The first kappa shape index (κ1) is 99.9. The van der Waals surface area contributed by atoms with E-state index in [4.69, 9.17) is 28.7 Å². The van der Waals surface area contributed by atoms with E-state index in [9.17, 15) is 50.4 Å². The summed E-state index contributed by atoms with van der Waals surface area (Å²) < 4.78 is 65.7. The molecule has 12 aromatic heterocycles. The Bertz CT molecular complexity index is 7280. The number of alkyl halides is 3. The van der Waals surface area contributed by atoms with Gasteiger partial charge in [0.25, 0.3) is 29.5 Å². The molecule has 4 aromatic carbocycles. The van der Waals surface area contributed by atoms with E-state index in [1.54, 1.807) is 52.6 Å². The zero-order valence-corrected chi connectivity index (χ0v) is 82.9. The van der Waals surface area contributed by atoms with Crippen LogP contribution in [0.2, 0.25) is 0 Å². The number of sulfone groups is 1. The van der Waals surface area contributed by atoms with Crippen LogP contribution in [0.3, 0.4) is 0 Å². The minimum atomic E-state index is -4.35. The molecule has 1 aliphatic heterocycles.